The lowest BCUT2D eigenvalue weighted by molar-refractivity contribution is -0.147. The predicted octanol–water partition coefficient (Wildman–Crippen LogP) is 4.50. The topological polar surface area (TPSA) is 61.8 Å². The van der Waals surface area contributed by atoms with Gasteiger partial charge in [-0.3, -0.25) is 4.79 Å². The van der Waals surface area contributed by atoms with Gasteiger partial charge in [0.2, 0.25) is 0 Å². The third-order valence-electron chi connectivity index (χ3n) is 4.22. The molecule has 0 amide bonds. The molecule has 0 radical (unpaired) electrons. The van der Waals surface area contributed by atoms with Crippen LogP contribution in [0.2, 0.25) is 0 Å². The lowest BCUT2D eigenvalue weighted by Gasteiger charge is -2.15. The molecule has 5 nitrogen and oxygen atoms in total. The van der Waals surface area contributed by atoms with E-state index in [1.165, 1.54) is 14.0 Å². The predicted molar refractivity (Wildman–Crippen MR) is 112 cm³/mol. The summed E-state index contributed by atoms with van der Waals surface area (Å²) < 4.78 is 16.7. The Morgan fingerprint density at radius 3 is 2.54 bits per heavy atom. The molecule has 1 heterocycles. The number of carbonyl (C=O) groups excluding carboxylic acids is 2. The van der Waals surface area contributed by atoms with Gasteiger partial charge < -0.3 is 14.2 Å². The minimum atomic E-state index is -0.475. The van der Waals surface area contributed by atoms with Gasteiger partial charge in [-0.1, -0.05) is 18.2 Å². The monoisotopic (exact) mass is 418 g/mol. The van der Waals surface area contributed by atoms with Crippen molar-refractivity contribution in [2.75, 3.05) is 25.2 Å². The number of hydrogen-bond acceptors (Lipinski definition) is 7. The summed E-state index contributed by atoms with van der Waals surface area (Å²) in [7, 11) is 1.53. The first-order valence-corrected chi connectivity index (χ1v) is 11.0. The van der Waals surface area contributed by atoms with Crippen molar-refractivity contribution in [3.05, 3.63) is 59.2 Å². The Kier molecular flexibility index (Phi) is 7.28. The first-order valence-electron chi connectivity index (χ1n) is 8.87. The summed E-state index contributed by atoms with van der Waals surface area (Å²) in [4.78, 5) is 23.7. The molecule has 2 aromatic carbocycles. The fourth-order valence-electron chi connectivity index (χ4n) is 2.79. The molecule has 7 heteroatoms. The molecule has 0 unspecified atom stereocenters. The fourth-order valence-corrected chi connectivity index (χ4v) is 5.70. The van der Waals surface area contributed by atoms with Crippen molar-refractivity contribution in [1.82, 2.24) is 0 Å². The first-order chi connectivity index (χ1) is 13.6. The minimum absolute atomic E-state index is 0.0163. The highest BCUT2D eigenvalue weighted by atomic mass is 32.2. The molecule has 0 N–H and O–H groups in total. The molecule has 3 rings (SSSR count). The molecule has 148 valence electrons. The molecule has 28 heavy (non-hydrogen) atoms. The number of ketones is 1. The Hall–Kier alpha value is -2.12. The number of benzene rings is 2. The lowest BCUT2D eigenvalue weighted by Crippen LogP contribution is -2.16. The van der Waals surface area contributed by atoms with E-state index in [1.807, 2.05) is 47.8 Å². The second-order valence-corrected chi connectivity index (χ2v) is 8.87. The van der Waals surface area contributed by atoms with Crippen LogP contribution in [0.5, 0.6) is 11.5 Å². The highest BCUT2D eigenvalue weighted by Gasteiger charge is 2.22. The Labute approximate surface area is 173 Å². The van der Waals surface area contributed by atoms with E-state index in [9.17, 15) is 9.59 Å². The first kappa shape index (κ1) is 20.6. The SMILES string of the molecule is COc1ccc(C(C)=O)cc1COC(=O)COc1ccccc1C1SCCS1. The fraction of sp³-hybridized carbons (Fsp3) is 0.333. The van der Waals surface area contributed by atoms with Gasteiger partial charge in [-0.2, -0.15) is 0 Å². The molecule has 1 fully saturated rings. The number of hydrogen-bond donors (Lipinski definition) is 0. The molecule has 0 saturated carbocycles. The van der Waals surface area contributed by atoms with E-state index in [4.69, 9.17) is 14.2 Å². The van der Waals surface area contributed by atoms with Crippen LogP contribution in [0.25, 0.3) is 0 Å². The zero-order chi connectivity index (χ0) is 19.9. The number of esters is 1. The van der Waals surface area contributed by atoms with Crippen molar-refractivity contribution in [1.29, 1.82) is 0 Å². The van der Waals surface area contributed by atoms with Gasteiger partial charge in [-0.25, -0.2) is 4.79 Å². The van der Waals surface area contributed by atoms with E-state index < -0.39 is 5.97 Å². The van der Waals surface area contributed by atoms with Gasteiger partial charge in [0.25, 0.3) is 0 Å². The van der Waals surface area contributed by atoms with E-state index in [2.05, 4.69) is 0 Å². The molecule has 0 aromatic heterocycles. The van der Waals surface area contributed by atoms with Crippen molar-refractivity contribution in [3.8, 4) is 11.5 Å². The summed E-state index contributed by atoms with van der Waals surface area (Å²) in [6, 6.07) is 12.9. The highest BCUT2D eigenvalue weighted by Crippen LogP contribution is 2.48. The van der Waals surface area contributed by atoms with Crippen LogP contribution in [-0.4, -0.2) is 37.0 Å². The number of methoxy groups -OCH3 is 1. The van der Waals surface area contributed by atoms with Gasteiger partial charge in [0.05, 0.1) is 11.7 Å². The van der Waals surface area contributed by atoms with Gasteiger partial charge >= 0.3 is 5.97 Å². The van der Waals surface area contributed by atoms with Crippen LogP contribution in [0.4, 0.5) is 0 Å². The molecule has 1 aliphatic rings. The van der Waals surface area contributed by atoms with E-state index in [-0.39, 0.29) is 19.0 Å². The van der Waals surface area contributed by atoms with Crippen LogP contribution >= 0.6 is 23.5 Å². The average Bonchev–Trinajstić information content (AvgIpc) is 3.25. The number of ether oxygens (including phenoxy) is 3. The molecular formula is C21H22O5S2. The van der Waals surface area contributed by atoms with Crippen molar-refractivity contribution >= 4 is 35.3 Å². The van der Waals surface area contributed by atoms with Crippen molar-refractivity contribution in [3.63, 3.8) is 0 Å². The molecule has 2 aromatic rings. The number of rotatable bonds is 8. The third-order valence-corrected chi connectivity index (χ3v) is 7.28. The van der Waals surface area contributed by atoms with Crippen molar-refractivity contribution in [2.45, 2.75) is 18.1 Å². The summed E-state index contributed by atoms with van der Waals surface area (Å²) in [5.74, 6) is 2.98. The number of thioether (sulfide) groups is 2. The standard InChI is InChI=1S/C21H22O5S2/c1-14(22)15-7-8-18(24-2)16(11-15)12-26-20(23)13-25-19-6-4-3-5-17(19)21-27-9-10-28-21/h3-8,11,21H,9-10,12-13H2,1-2H3. The Bertz CT molecular complexity index is 846. The lowest BCUT2D eigenvalue weighted by atomic mass is 10.1. The summed E-state index contributed by atoms with van der Waals surface area (Å²) in [5.41, 5.74) is 2.28. The Morgan fingerprint density at radius 2 is 1.82 bits per heavy atom. The number of carbonyl (C=O) groups is 2. The van der Waals surface area contributed by atoms with E-state index >= 15 is 0 Å². The summed E-state index contributed by atoms with van der Waals surface area (Å²) in [6.07, 6.45) is 0. The Balaban J connectivity index is 1.59. The normalized spacial score (nSPS) is 13.9. The van der Waals surface area contributed by atoms with E-state index in [0.29, 0.717) is 27.2 Å². The highest BCUT2D eigenvalue weighted by molar-refractivity contribution is 8.19. The molecule has 0 atom stereocenters. The molecule has 0 aliphatic carbocycles. The van der Waals surface area contributed by atoms with Crippen molar-refractivity contribution < 1.29 is 23.8 Å². The second kappa shape index (κ2) is 9.89. The van der Waals surface area contributed by atoms with Gasteiger partial charge in [0, 0.05) is 28.2 Å². The van der Waals surface area contributed by atoms with Crippen molar-refractivity contribution in [2.24, 2.45) is 0 Å². The van der Waals surface area contributed by atoms with Crippen LogP contribution < -0.4 is 9.47 Å². The minimum Gasteiger partial charge on any atom is -0.496 e. The van der Waals surface area contributed by atoms with Crippen LogP contribution in [-0.2, 0) is 16.1 Å². The molecule has 0 bridgehead atoms. The Morgan fingerprint density at radius 1 is 1.07 bits per heavy atom. The molecule has 0 spiro atoms. The molecule has 1 saturated heterocycles. The van der Waals surface area contributed by atoms with Gasteiger partial charge in [-0.15, -0.1) is 23.5 Å². The van der Waals surface area contributed by atoms with E-state index in [0.717, 1.165) is 17.1 Å². The largest absolute Gasteiger partial charge is 0.496 e. The van der Waals surface area contributed by atoms with Gasteiger partial charge in [-0.05, 0) is 31.2 Å². The molecular weight excluding hydrogens is 396 g/mol. The van der Waals surface area contributed by atoms with Gasteiger partial charge in [0.1, 0.15) is 18.1 Å². The van der Waals surface area contributed by atoms with Crippen LogP contribution in [0.1, 0.15) is 33.0 Å². The smallest absolute Gasteiger partial charge is 0.344 e. The van der Waals surface area contributed by atoms with Crippen LogP contribution in [0.3, 0.4) is 0 Å². The zero-order valence-electron chi connectivity index (χ0n) is 15.8. The second-order valence-electron chi connectivity index (χ2n) is 6.14. The zero-order valence-corrected chi connectivity index (χ0v) is 17.4. The molecule has 1 aliphatic heterocycles. The average molecular weight is 419 g/mol. The summed E-state index contributed by atoms with van der Waals surface area (Å²) in [6.45, 7) is 1.33. The quantitative estimate of drug-likeness (QED) is 0.462. The summed E-state index contributed by atoms with van der Waals surface area (Å²) >= 11 is 3.77. The van der Waals surface area contributed by atoms with Crippen LogP contribution in [0, 0.1) is 0 Å². The number of Topliss-reactive ketones (excluding diaryl/α,β-unsaturated/α-hetero) is 1. The third kappa shape index (κ3) is 5.23. The van der Waals surface area contributed by atoms with Gasteiger partial charge in [0.15, 0.2) is 12.4 Å². The van der Waals surface area contributed by atoms with Crippen LogP contribution in [0.15, 0.2) is 42.5 Å². The maximum absolute atomic E-state index is 12.2. The maximum atomic E-state index is 12.2. The van der Waals surface area contributed by atoms with E-state index in [1.54, 1.807) is 18.2 Å². The maximum Gasteiger partial charge on any atom is 0.344 e. The summed E-state index contributed by atoms with van der Waals surface area (Å²) in [5, 5.41) is 0. The number of para-hydroxylation sites is 1.